The van der Waals surface area contributed by atoms with Crippen molar-refractivity contribution < 1.29 is 19.5 Å². The van der Waals surface area contributed by atoms with Crippen molar-refractivity contribution in [2.24, 2.45) is 0 Å². The fourth-order valence-electron chi connectivity index (χ4n) is 2.97. The number of carboxylic acids is 1. The van der Waals surface area contributed by atoms with Gasteiger partial charge in [-0.05, 0) is 24.5 Å². The van der Waals surface area contributed by atoms with E-state index < -0.39 is 17.9 Å². The van der Waals surface area contributed by atoms with Crippen molar-refractivity contribution in [1.29, 1.82) is 0 Å². The van der Waals surface area contributed by atoms with Crippen LogP contribution in [-0.4, -0.2) is 52.1 Å². The molecule has 0 N–H and O–H groups in total. The van der Waals surface area contributed by atoms with Gasteiger partial charge in [0.15, 0.2) is 0 Å². The SMILES string of the molecule is CSCC[C@H](C(=O)[O-])N1C(=O)/C(=C2\C(=O)N(C)c3ccccc32)SC1=S. The molecule has 2 aliphatic heterocycles. The van der Waals surface area contributed by atoms with Crippen LogP contribution in [0.15, 0.2) is 29.2 Å². The summed E-state index contributed by atoms with van der Waals surface area (Å²) in [6.07, 6.45) is 2.07. The second-order valence-corrected chi connectivity index (χ2v) is 8.37. The van der Waals surface area contributed by atoms with Crippen LogP contribution < -0.4 is 10.0 Å². The molecule has 0 saturated carbocycles. The second-order valence-electron chi connectivity index (χ2n) is 5.74. The van der Waals surface area contributed by atoms with Crippen molar-refractivity contribution in [3.05, 3.63) is 34.7 Å². The molecule has 1 fully saturated rings. The molecular weight excluding hydrogens is 392 g/mol. The summed E-state index contributed by atoms with van der Waals surface area (Å²) in [6.45, 7) is 0. The fraction of sp³-hybridized carbons (Fsp3) is 0.294. The number of nitrogens with zero attached hydrogens (tertiary/aromatic N) is 2. The molecule has 1 saturated heterocycles. The standard InChI is InChI=1S/C17H16N2O4S3/c1-18-10-6-4-3-5-9(10)12(14(18)20)13-15(21)19(17(24)26-13)11(16(22)23)7-8-25-2/h3-6,11H,7-8H2,1-2H3,(H,22,23)/p-1/b13-12+/t11-/m1/s1. The number of carbonyl (C=O) groups is 3. The predicted octanol–water partition coefficient (Wildman–Crippen LogP) is 1.11. The summed E-state index contributed by atoms with van der Waals surface area (Å²) < 4.78 is 0.132. The molecule has 0 unspecified atom stereocenters. The molecule has 26 heavy (non-hydrogen) atoms. The Balaban J connectivity index is 2.05. The summed E-state index contributed by atoms with van der Waals surface area (Å²) >= 11 is 7.70. The average Bonchev–Trinajstić information content (AvgIpc) is 3.03. The molecule has 0 bridgehead atoms. The topological polar surface area (TPSA) is 80.7 Å². The molecule has 1 aromatic rings. The van der Waals surface area contributed by atoms with Gasteiger partial charge in [0.05, 0.1) is 28.2 Å². The number of hydrogen-bond donors (Lipinski definition) is 0. The third-order valence-corrected chi connectivity index (χ3v) is 6.30. The van der Waals surface area contributed by atoms with Gasteiger partial charge in [-0.2, -0.15) is 11.8 Å². The van der Waals surface area contributed by atoms with Crippen molar-refractivity contribution in [3.8, 4) is 0 Å². The average molecular weight is 408 g/mol. The summed E-state index contributed by atoms with van der Waals surface area (Å²) in [6, 6.07) is 6.02. The Bertz CT molecular complexity index is 852. The van der Waals surface area contributed by atoms with E-state index >= 15 is 0 Å². The highest BCUT2D eigenvalue weighted by Gasteiger charge is 2.43. The van der Waals surface area contributed by atoms with Crippen LogP contribution in [0.1, 0.15) is 12.0 Å². The molecule has 0 spiro atoms. The Labute approximate surface area is 164 Å². The molecule has 0 aliphatic carbocycles. The van der Waals surface area contributed by atoms with Crippen LogP contribution in [0.2, 0.25) is 0 Å². The lowest BCUT2D eigenvalue weighted by Crippen LogP contribution is -2.50. The van der Waals surface area contributed by atoms with Gasteiger partial charge < -0.3 is 14.8 Å². The zero-order valence-corrected chi connectivity index (χ0v) is 16.5. The predicted molar refractivity (Wildman–Crippen MR) is 106 cm³/mol. The Hall–Kier alpha value is -1.84. The molecule has 0 radical (unpaired) electrons. The maximum atomic E-state index is 13.0. The number of thiocarbonyl (C=S) groups is 1. The monoisotopic (exact) mass is 407 g/mol. The van der Waals surface area contributed by atoms with Gasteiger partial charge in [0.25, 0.3) is 11.8 Å². The largest absolute Gasteiger partial charge is 0.548 e. The van der Waals surface area contributed by atoms with E-state index in [1.165, 1.54) is 16.7 Å². The van der Waals surface area contributed by atoms with Crippen LogP contribution in [0.5, 0.6) is 0 Å². The molecule has 136 valence electrons. The molecule has 1 aromatic carbocycles. The van der Waals surface area contributed by atoms with Crippen LogP contribution in [0, 0.1) is 0 Å². The van der Waals surface area contributed by atoms with E-state index in [1.54, 1.807) is 25.2 Å². The Kier molecular flexibility index (Phi) is 5.40. The highest BCUT2D eigenvalue weighted by Crippen LogP contribution is 2.44. The second kappa shape index (κ2) is 7.42. The lowest BCUT2D eigenvalue weighted by molar-refractivity contribution is -0.310. The summed E-state index contributed by atoms with van der Waals surface area (Å²) in [7, 11) is 1.64. The third kappa shape index (κ3) is 3.04. The summed E-state index contributed by atoms with van der Waals surface area (Å²) in [5.74, 6) is -1.66. The number of anilines is 1. The molecule has 3 rings (SSSR count). The third-order valence-electron chi connectivity index (χ3n) is 4.26. The van der Waals surface area contributed by atoms with Crippen LogP contribution in [0.3, 0.4) is 0 Å². The number of para-hydroxylation sites is 1. The maximum absolute atomic E-state index is 13.0. The number of benzene rings is 1. The van der Waals surface area contributed by atoms with Crippen molar-refractivity contribution >= 4 is 69.1 Å². The Morgan fingerprint density at radius 1 is 1.31 bits per heavy atom. The number of fused-ring (bicyclic) bond motifs is 1. The van der Waals surface area contributed by atoms with E-state index in [2.05, 4.69) is 0 Å². The molecule has 1 atom stereocenters. The molecule has 2 aliphatic rings. The molecule has 9 heteroatoms. The van der Waals surface area contributed by atoms with Gasteiger partial charge in [-0.1, -0.05) is 42.2 Å². The number of amides is 2. The number of rotatable bonds is 5. The zero-order valence-electron chi connectivity index (χ0n) is 14.1. The van der Waals surface area contributed by atoms with Gasteiger partial charge >= 0.3 is 0 Å². The minimum atomic E-state index is -1.35. The number of carbonyl (C=O) groups excluding carboxylic acids is 3. The zero-order chi connectivity index (χ0) is 19.0. The van der Waals surface area contributed by atoms with Gasteiger partial charge in [-0.3, -0.25) is 14.5 Å². The summed E-state index contributed by atoms with van der Waals surface area (Å²) in [4.78, 5) is 39.9. The summed E-state index contributed by atoms with van der Waals surface area (Å²) in [5.41, 5.74) is 1.62. The molecule has 6 nitrogen and oxygen atoms in total. The smallest absolute Gasteiger partial charge is 0.267 e. The molecule has 0 aromatic heterocycles. The minimum Gasteiger partial charge on any atom is -0.548 e. The van der Waals surface area contributed by atoms with Gasteiger partial charge in [0, 0.05) is 12.6 Å². The highest BCUT2D eigenvalue weighted by molar-refractivity contribution is 8.26. The quantitative estimate of drug-likeness (QED) is 0.534. The summed E-state index contributed by atoms with van der Waals surface area (Å²) in [5, 5.41) is 11.6. The van der Waals surface area contributed by atoms with E-state index in [0.29, 0.717) is 17.0 Å². The van der Waals surface area contributed by atoms with Crippen molar-refractivity contribution in [2.75, 3.05) is 24.0 Å². The normalized spacial score (nSPS) is 20.8. The maximum Gasteiger partial charge on any atom is 0.267 e. The molecular formula is C17H15N2O4S3-. The number of likely N-dealkylation sites (N-methyl/N-ethyl adjacent to an activating group) is 1. The van der Waals surface area contributed by atoms with Gasteiger partial charge in [-0.15, -0.1) is 0 Å². The highest BCUT2D eigenvalue weighted by atomic mass is 32.2. The lowest BCUT2D eigenvalue weighted by atomic mass is 10.1. The Morgan fingerprint density at radius 3 is 2.65 bits per heavy atom. The lowest BCUT2D eigenvalue weighted by Gasteiger charge is -2.27. The van der Waals surface area contributed by atoms with Crippen LogP contribution in [-0.2, 0) is 14.4 Å². The van der Waals surface area contributed by atoms with Crippen LogP contribution in [0.25, 0.3) is 5.57 Å². The first-order valence-corrected chi connectivity index (χ1v) is 10.4. The molecule has 2 amide bonds. The fourth-order valence-corrected chi connectivity index (χ4v) is 4.86. The van der Waals surface area contributed by atoms with Crippen molar-refractivity contribution in [3.63, 3.8) is 0 Å². The first-order valence-electron chi connectivity index (χ1n) is 7.75. The first kappa shape index (κ1) is 18.9. The van der Waals surface area contributed by atoms with E-state index in [4.69, 9.17) is 12.2 Å². The number of aliphatic carboxylic acids is 1. The number of thioether (sulfide) groups is 2. The number of hydrogen-bond acceptors (Lipinski definition) is 7. The number of carboxylic acid groups (broad SMARTS) is 1. The van der Waals surface area contributed by atoms with Crippen molar-refractivity contribution in [2.45, 2.75) is 12.5 Å². The first-order chi connectivity index (χ1) is 12.4. The van der Waals surface area contributed by atoms with Gasteiger partial charge in [0.1, 0.15) is 4.32 Å². The van der Waals surface area contributed by atoms with Gasteiger partial charge in [0.2, 0.25) is 0 Å². The van der Waals surface area contributed by atoms with Crippen LogP contribution >= 0.6 is 35.7 Å². The van der Waals surface area contributed by atoms with E-state index in [9.17, 15) is 19.5 Å². The van der Waals surface area contributed by atoms with E-state index in [1.807, 2.05) is 12.3 Å². The van der Waals surface area contributed by atoms with E-state index in [0.717, 1.165) is 16.7 Å². The Morgan fingerprint density at radius 2 is 2.00 bits per heavy atom. The van der Waals surface area contributed by atoms with Gasteiger partial charge in [-0.25, -0.2) is 0 Å². The molecule has 2 heterocycles. The minimum absolute atomic E-state index is 0.132. The van der Waals surface area contributed by atoms with Crippen LogP contribution in [0.4, 0.5) is 5.69 Å². The van der Waals surface area contributed by atoms with E-state index in [-0.39, 0.29) is 27.1 Å². The van der Waals surface area contributed by atoms with Crippen molar-refractivity contribution in [1.82, 2.24) is 4.90 Å².